The summed E-state index contributed by atoms with van der Waals surface area (Å²) in [6.45, 7) is 0. The molecule has 0 aliphatic heterocycles. The van der Waals surface area contributed by atoms with Gasteiger partial charge in [0.1, 0.15) is 5.75 Å². The Kier molecular flexibility index (Phi) is 2.43. The molecule has 0 aliphatic rings. The number of hydrogen-bond donors (Lipinski definition) is 2. The van der Waals surface area contributed by atoms with Gasteiger partial charge in [-0.3, -0.25) is 4.79 Å². The molecule has 2 aromatic rings. The molecule has 3 nitrogen and oxygen atoms in total. The molecular formula is C11H9NO2S. The van der Waals surface area contributed by atoms with Crippen LogP contribution in [-0.4, -0.2) is 11.4 Å². The number of rotatable bonds is 2. The summed E-state index contributed by atoms with van der Waals surface area (Å²) in [7, 11) is 0. The predicted octanol–water partition coefficient (Wildman–Crippen LogP) is 2.52. The number of nitrogen functional groups attached to an aromatic ring is 1. The number of aldehydes is 1. The van der Waals surface area contributed by atoms with Crippen LogP contribution < -0.4 is 5.73 Å². The Balaban J connectivity index is 2.59. The lowest BCUT2D eigenvalue weighted by Crippen LogP contribution is -1.86. The maximum absolute atomic E-state index is 10.7. The second-order valence-corrected chi connectivity index (χ2v) is 3.88. The van der Waals surface area contributed by atoms with Crippen molar-refractivity contribution in [3.63, 3.8) is 0 Å². The van der Waals surface area contributed by atoms with Crippen molar-refractivity contribution in [2.24, 2.45) is 0 Å². The molecule has 76 valence electrons. The minimum absolute atomic E-state index is 0.0940. The number of aromatic hydroxyl groups is 1. The van der Waals surface area contributed by atoms with Crippen molar-refractivity contribution in [1.29, 1.82) is 0 Å². The third-order valence-electron chi connectivity index (χ3n) is 2.13. The third kappa shape index (κ3) is 1.71. The highest BCUT2D eigenvalue weighted by molar-refractivity contribution is 7.08. The number of phenolic OH excluding ortho intramolecular Hbond substituents is 1. The summed E-state index contributed by atoms with van der Waals surface area (Å²) < 4.78 is 0. The minimum atomic E-state index is 0.0940. The van der Waals surface area contributed by atoms with E-state index < -0.39 is 0 Å². The Morgan fingerprint density at radius 3 is 2.73 bits per heavy atom. The highest BCUT2D eigenvalue weighted by Gasteiger charge is 2.09. The molecule has 3 N–H and O–H groups in total. The van der Waals surface area contributed by atoms with Gasteiger partial charge in [-0.15, -0.1) is 0 Å². The van der Waals surface area contributed by atoms with Crippen LogP contribution in [0.1, 0.15) is 10.4 Å². The van der Waals surface area contributed by atoms with E-state index in [0.717, 1.165) is 11.8 Å². The fraction of sp³-hybridized carbons (Fsp3) is 0. The second-order valence-electron chi connectivity index (χ2n) is 3.14. The molecule has 0 spiro atoms. The largest absolute Gasteiger partial charge is 0.507 e. The van der Waals surface area contributed by atoms with Crippen LogP contribution in [0.3, 0.4) is 0 Å². The number of carbonyl (C=O) groups is 1. The molecule has 1 aromatic carbocycles. The summed E-state index contributed by atoms with van der Waals surface area (Å²) >= 11 is 1.42. The lowest BCUT2D eigenvalue weighted by atomic mass is 10.0. The fourth-order valence-corrected chi connectivity index (χ4v) is 2.19. The number of anilines is 1. The highest BCUT2D eigenvalue weighted by Crippen LogP contribution is 2.34. The molecule has 0 unspecified atom stereocenters. The smallest absolute Gasteiger partial charge is 0.151 e. The number of thiophene rings is 1. The van der Waals surface area contributed by atoms with Gasteiger partial charge in [-0.1, -0.05) is 0 Å². The lowest BCUT2D eigenvalue weighted by molar-refractivity contribution is 0.112. The topological polar surface area (TPSA) is 63.3 Å². The second kappa shape index (κ2) is 3.74. The molecule has 15 heavy (non-hydrogen) atoms. The summed E-state index contributed by atoms with van der Waals surface area (Å²) in [5, 5.41) is 13.3. The van der Waals surface area contributed by atoms with E-state index in [4.69, 9.17) is 5.73 Å². The van der Waals surface area contributed by atoms with Crippen molar-refractivity contribution in [3.8, 4) is 16.9 Å². The molecule has 1 heterocycles. The van der Waals surface area contributed by atoms with Gasteiger partial charge in [-0.2, -0.15) is 11.3 Å². The van der Waals surface area contributed by atoms with Gasteiger partial charge < -0.3 is 10.8 Å². The van der Waals surface area contributed by atoms with Crippen LogP contribution in [0.25, 0.3) is 11.1 Å². The first-order valence-corrected chi connectivity index (χ1v) is 5.27. The van der Waals surface area contributed by atoms with Crippen LogP contribution in [-0.2, 0) is 0 Å². The van der Waals surface area contributed by atoms with Gasteiger partial charge in [-0.05, 0) is 17.5 Å². The molecule has 0 amide bonds. The highest BCUT2D eigenvalue weighted by atomic mass is 32.1. The first-order chi connectivity index (χ1) is 7.22. The number of carbonyl (C=O) groups excluding carboxylic acids is 1. The third-order valence-corrected chi connectivity index (χ3v) is 2.89. The number of benzene rings is 1. The molecule has 0 fully saturated rings. The van der Waals surface area contributed by atoms with Crippen molar-refractivity contribution < 1.29 is 9.90 Å². The van der Waals surface area contributed by atoms with Crippen molar-refractivity contribution >= 4 is 23.3 Å². The molecule has 0 bridgehead atoms. The Morgan fingerprint density at radius 1 is 1.27 bits per heavy atom. The van der Waals surface area contributed by atoms with Crippen LogP contribution in [0.5, 0.6) is 5.75 Å². The van der Waals surface area contributed by atoms with E-state index in [0.29, 0.717) is 16.8 Å². The zero-order valence-corrected chi connectivity index (χ0v) is 8.62. The summed E-state index contributed by atoms with van der Waals surface area (Å²) in [6.07, 6.45) is 0.779. The van der Waals surface area contributed by atoms with Crippen LogP contribution in [0, 0.1) is 0 Å². The summed E-state index contributed by atoms with van der Waals surface area (Å²) in [5.41, 5.74) is 7.98. The minimum Gasteiger partial charge on any atom is -0.507 e. The van der Waals surface area contributed by atoms with Crippen molar-refractivity contribution in [2.45, 2.75) is 0 Å². The first-order valence-electron chi connectivity index (χ1n) is 4.32. The summed E-state index contributed by atoms with van der Waals surface area (Å²) in [4.78, 5) is 10.7. The van der Waals surface area contributed by atoms with Gasteiger partial charge in [0.15, 0.2) is 6.29 Å². The zero-order chi connectivity index (χ0) is 10.8. The molecule has 0 atom stereocenters. The SMILES string of the molecule is Nc1ccc(-c2cscc2C=O)c(O)c1. The Morgan fingerprint density at radius 2 is 2.07 bits per heavy atom. The summed E-state index contributed by atoms with van der Waals surface area (Å²) in [5.74, 6) is 0.0940. The van der Waals surface area contributed by atoms with E-state index in [9.17, 15) is 9.90 Å². The van der Waals surface area contributed by atoms with E-state index in [2.05, 4.69) is 0 Å². The molecule has 4 heteroatoms. The monoisotopic (exact) mass is 219 g/mol. The average molecular weight is 219 g/mol. The van der Waals surface area contributed by atoms with Gasteiger partial charge >= 0.3 is 0 Å². The van der Waals surface area contributed by atoms with E-state index in [1.54, 1.807) is 17.5 Å². The molecule has 1 aromatic heterocycles. The molecule has 0 radical (unpaired) electrons. The number of hydrogen-bond acceptors (Lipinski definition) is 4. The van der Waals surface area contributed by atoms with Crippen molar-refractivity contribution in [1.82, 2.24) is 0 Å². The van der Waals surface area contributed by atoms with Gasteiger partial charge in [0, 0.05) is 33.8 Å². The molecule has 2 rings (SSSR count). The van der Waals surface area contributed by atoms with Crippen LogP contribution in [0.4, 0.5) is 5.69 Å². The summed E-state index contributed by atoms with van der Waals surface area (Å²) in [6, 6.07) is 4.88. The first kappa shape index (κ1) is 9.73. The maximum atomic E-state index is 10.7. The Bertz CT molecular complexity index is 505. The normalized spacial score (nSPS) is 10.1. The molecular weight excluding hydrogens is 210 g/mol. The number of phenols is 1. The average Bonchev–Trinajstić information content (AvgIpc) is 2.65. The van der Waals surface area contributed by atoms with Crippen LogP contribution >= 0.6 is 11.3 Å². The van der Waals surface area contributed by atoms with Gasteiger partial charge in [-0.25, -0.2) is 0 Å². The van der Waals surface area contributed by atoms with Gasteiger partial charge in [0.05, 0.1) is 0 Å². The standard InChI is InChI=1S/C11H9NO2S/c12-8-1-2-9(11(14)3-8)10-6-15-5-7(10)4-13/h1-6,14H,12H2. The maximum Gasteiger partial charge on any atom is 0.151 e. The molecule has 0 aliphatic carbocycles. The van der Waals surface area contributed by atoms with Crippen LogP contribution in [0.2, 0.25) is 0 Å². The molecule has 0 saturated carbocycles. The van der Waals surface area contributed by atoms with E-state index in [-0.39, 0.29) is 5.75 Å². The quantitative estimate of drug-likeness (QED) is 0.602. The Hall–Kier alpha value is -1.81. The van der Waals surface area contributed by atoms with Crippen molar-refractivity contribution in [3.05, 3.63) is 34.5 Å². The van der Waals surface area contributed by atoms with E-state index >= 15 is 0 Å². The fourth-order valence-electron chi connectivity index (χ4n) is 1.39. The Labute approximate surface area is 90.8 Å². The van der Waals surface area contributed by atoms with Crippen LogP contribution in [0.15, 0.2) is 29.0 Å². The van der Waals surface area contributed by atoms with E-state index in [1.165, 1.54) is 17.4 Å². The van der Waals surface area contributed by atoms with Crippen molar-refractivity contribution in [2.75, 3.05) is 5.73 Å². The van der Waals surface area contributed by atoms with Gasteiger partial charge in [0.25, 0.3) is 0 Å². The lowest BCUT2D eigenvalue weighted by Gasteiger charge is -2.04. The molecule has 0 saturated heterocycles. The van der Waals surface area contributed by atoms with Gasteiger partial charge in [0.2, 0.25) is 0 Å². The zero-order valence-electron chi connectivity index (χ0n) is 7.81. The predicted molar refractivity (Wildman–Crippen MR) is 61.2 cm³/mol. The van der Waals surface area contributed by atoms with E-state index in [1.807, 2.05) is 5.38 Å². The number of nitrogens with two attached hydrogens (primary N) is 1.